The van der Waals surface area contributed by atoms with Crippen molar-refractivity contribution in [2.45, 2.75) is 67.9 Å². The largest absolute Gasteiger partial charge is 0.358 e. The Kier molecular flexibility index (Phi) is 4.44. The third kappa shape index (κ3) is 2.98. The number of piperazine rings is 1. The highest BCUT2D eigenvalue weighted by atomic mass is 32.2. The zero-order valence-electron chi connectivity index (χ0n) is 13.1. The van der Waals surface area contributed by atoms with Crippen molar-refractivity contribution in [3.8, 4) is 0 Å². The maximum absolute atomic E-state index is 5.40. The number of nitrogens with one attached hydrogen (secondary N) is 1. The molecule has 2 heterocycles. The smallest absolute Gasteiger partial charge is 0.104 e. The Hall–Kier alpha value is -0.220. The maximum atomic E-state index is 5.40. The molecule has 4 aliphatic rings. The quantitative estimate of drug-likeness (QED) is 0.746. The fourth-order valence-corrected chi connectivity index (χ4v) is 6.52. The lowest BCUT2D eigenvalue weighted by Crippen LogP contribution is -2.50. The summed E-state index contributed by atoms with van der Waals surface area (Å²) >= 11 is 2.33. The normalized spacial score (nSPS) is 40.8. The summed E-state index contributed by atoms with van der Waals surface area (Å²) in [5, 5.41) is 5.18. The highest BCUT2D eigenvalue weighted by Crippen LogP contribution is 2.44. The van der Waals surface area contributed by atoms with E-state index in [9.17, 15) is 0 Å². The molecule has 0 spiro atoms. The van der Waals surface area contributed by atoms with Gasteiger partial charge in [-0.15, -0.1) is 0 Å². The highest BCUT2D eigenvalue weighted by Gasteiger charge is 2.40. The second-order valence-corrected chi connectivity index (χ2v) is 8.66. The van der Waals surface area contributed by atoms with Gasteiger partial charge in [0.25, 0.3) is 0 Å². The van der Waals surface area contributed by atoms with E-state index in [1.165, 1.54) is 70.3 Å². The molecule has 4 rings (SSSR count). The van der Waals surface area contributed by atoms with Crippen LogP contribution in [0.1, 0.15) is 51.4 Å². The van der Waals surface area contributed by atoms with Gasteiger partial charge in [0.1, 0.15) is 5.84 Å². The molecule has 3 nitrogen and oxygen atoms in total. The lowest BCUT2D eigenvalue weighted by atomic mass is 9.86. The van der Waals surface area contributed by atoms with Crippen molar-refractivity contribution in [3.63, 3.8) is 0 Å². The minimum absolute atomic E-state index is 0.624. The fraction of sp³-hybridized carbons (Fsp3) is 0.941. The van der Waals surface area contributed by atoms with Gasteiger partial charge in [0, 0.05) is 42.6 Å². The van der Waals surface area contributed by atoms with Gasteiger partial charge in [-0.25, -0.2) is 0 Å². The van der Waals surface area contributed by atoms with Gasteiger partial charge in [-0.2, -0.15) is 11.8 Å². The third-order valence-corrected chi connectivity index (χ3v) is 7.60. The van der Waals surface area contributed by atoms with Crippen LogP contribution in [0.2, 0.25) is 0 Å². The van der Waals surface area contributed by atoms with Crippen molar-refractivity contribution in [2.24, 2.45) is 10.9 Å². The summed E-state index contributed by atoms with van der Waals surface area (Å²) in [6.07, 6.45) is 11.3. The Labute approximate surface area is 133 Å². The van der Waals surface area contributed by atoms with Crippen LogP contribution in [0.4, 0.5) is 0 Å². The summed E-state index contributed by atoms with van der Waals surface area (Å²) in [5.74, 6) is 2.27. The molecule has 0 radical (unpaired) electrons. The molecule has 0 amide bonds. The monoisotopic (exact) mass is 307 g/mol. The zero-order valence-corrected chi connectivity index (χ0v) is 13.9. The Morgan fingerprint density at radius 3 is 2.48 bits per heavy atom. The number of nitrogens with zero attached hydrogens (tertiary/aromatic N) is 2. The molecule has 0 aromatic heterocycles. The predicted molar refractivity (Wildman–Crippen MR) is 91.3 cm³/mol. The van der Waals surface area contributed by atoms with E-state index in [-0.39, 0.29) is 0 Å². The van der Waals surface area contributed by atoms with Crippen LogP contribution in [-0.4, -0.2) is 53.5 Å². The van der Waals surface area contributed by atoms with E-state index in [1.54, 1.807) is 0 Å². The number of thioether (sulfide) groups is 1. The molecule has 0 bridgehead atoms. The average molecular weight is 308 g/mol. The van der Waals surface area contributed by atoms with Crippen LogP contribution < -0.4 is 5.32 Å². The summed E-state index contributed by atoms with van der Waals surface area (Å²) in [4.78, 5) is 8.04. The van der Waals surface area contributed by atoms with Crippen LogP contribution in [0, 0.1) is 5.92 Å². The van der Waals surface area contributed by atoms with E-state index in [1.807, 2.05) is 0 Å². The topological polar surface area (TPSA) is 27.6 Å². The number of hydrogen-bond acceptors (Lipinski definition) is 4. The number of amidine groups is 1. The summed E-state index contributed by atoms with van der Waals surface area (Å²) in [5.41, 5.74) is 0. The molecule has 1 saturated heterocycles. The molecule has 2 aliphatic heterocycles. The van der Waals surface area contributed by atoms with E-state index >= 15 is 0 Å². The molecule has 2 aliphatic carbocycles. The summed E-state index contributed by atoms with van der Waals surface area (Å²) < 4.78 is 0. The molecular formula is C17H29N3S. The zero-order chi connectivity index (χ0) is 14.1. The molecule has 0 aromatic rings. The predicted octanol–water partition coefficient (Wildman–Crippen LogP) is 2.91. The first-order valence-corrected chi connectivity index (χ1v) is 10.0. The lowest BCUT2D eigenvalue weighted by molar-refractivity contribution is 0.321. The number of rotatable bonds is 0. The molecule has 4 heteroatoms. The van der Waals surface area contributed by atoms with Crippen molar-refractivity contribution >= 4 is 17.6 Å². The van der Waals surface area contributed by atoms with Crippen molar-refractivity contribution in [1.82, 2.24) is 10.2 Å². The van der Waals surface area contributed by atoms with Crippen molar-refractivity contribution in [1.29, 1.82) is 0 Å². The lowest BCUT2D eigenvalue weighted by Gasteiger charge is -2.38. The van der Waals surface area contributed by atoms with Gasteiger partial charge in [-0.1, -0.05) is 25.7 Å². The minimum atomic E-state index is 0.624. The second kappa shape index (κ2) is 6.49. The Bertz CT molecular complexity index is 391. The first-order chi connectivity index (χ1) is 10.4. The summed E-state index contributed by atoms with van der Waals surface area (Å²) in [7, 11) is 0. The molecule has 4 unspecified atom stereocenters. The van der Waals surface area contributed by atoms with Gasteiger partial charge in [0.15, 0.2) is 0 Å². The van der Waals surface area contributed by atoms with Crippen LogP contribution in [0.5, 0.6) is 0 Å². The first kappa shape index (κ1) is 14.4. The summed E-state index contributed by atoms with van der Waals surface area (Å²) in [6, 6.07) is 0.624. The van der Waals surface area contributed by atoms with E-state index in [0.29, 0.717) is 6.04 Å². The Balaban J connectivity index is 1.62. The van der Waals surface area contributed by atoms with Crippen LogP contribution in [-0.2, 0) is 0 Å². The van der Waals surface area contributed by atoms with E-state index < -0.39 is 0 Å². The Morgan fingerprint density at radius 1 is 0.905 bits per heavy atom. The van der Waals surface area contributed by atoms with Crippen LogP contribution in [0.15, 0.2) is 4.99 Å². The third-order valence-electron chi connectivity index (χ3n) is 5.79. The fourth-order valence-electron chi connectivity index (χ4n) is 4.64. The maximum Gasteiger partial charge on any atom is 0.104 e. The van der Waals surface area contributed by atoms with E-state index in [2.05, 4.69) is 22.0 Å². The molecule has 1 N–H and O–H groups in total. The molecule has 21 heavy (non-hydrogen) atoms. The van der Waals surface area contributed by atoms with Gasteiger partial charge < -0.3 is 10.2 Å². The first-order valence-electron chi connectivity index (χ1n) is 9.10. The molecule has 118 valence electrons. The molecular weight excluding hydrogens is 278 g/mol. The van der Waals surface area contributed by atoms with Crippen molar-refractivity contribution in [2.75, 3.05) is 26.2 Å². The van der Waals surface area contributed by atoms with Crippen molar-refractivity contribution < 1.29 is 0 Å². The molecule has 2 saturated carbocycles. The summed E-state index contributed by atoms with van der Waals surface area (Å²) in [6.45, 7) is 4.61. The second-order valence-electron chi connectivity index (χ2n) is 7.18. The van der Waals surface area contributed by atoms with Gasteiger partial charge in [-0.3, -0.25) is 4.99 Å². The van der Waals surface area contributed by atoms with Crippen LogP contribution in [0.3, 0.4) is 0 Å². The van der Waals surface area contributed by atoms with Crippen LogP contribution in [0.25, 0.3) is 0 Å². The van der Waals surface area contributed by atoms with Gasteiger partial charge >= 0.3 is 0 Å². The van der Waals surface area contributed by atoms with E-state index in [4.69, 9.17) is 4.99 Å². The van der Waals surface area contributed by atoms with Gasteiger partial charge in [0.2, 0.25) is 0 Å². The molecule has 3 fully saturated rings. The Morgan fingerprint density at radius 2 is 1.62 bits per heavy atom. The molecule has 4 atom stereocenters. The number of aliphatic imine (C=N–C) groups is 1. The number of hydrogen-bond donors (Lipinski definition) is 1. The van der Waals surface area contributed by atoms with Crippen molar-refractivity contribution in [3.05, 3.63) is 0 Å². The number of fused-ring (bicyclic) bond motifs is 2. The average Bonchev–Trinajstić information content (AvgIpc) is 2.72. The minimum Gasteiger partial charge on any atom is -0.358 e. The highest BCUT2D eigenvalue weighted by molar-refractivity contribution is 8.00. The van der Waals surface area contributed by atoms with E-state index in [0.717, 1.165) is 29.5 Å². The van der Waals surface area contributed by atoms with Gasteiger partial charge in [0.05, 0.1) is 6.04 Å². The molecule has 0 aromatic carbocycles. The van der Waals surface area contributed by atoms with Gasteiger partial charge in [-0.05, 0) is 25.7 Å². The standard InChI is InChI=1S/C17H29N3S/c1-3-7-15-13(5-1)17(20-11-9-18-10-12-20)19-14-6-2-4-8-16(14)21-15/h13-16,18H,1-12H2. The van der Waals surface area contributed by atoms with Crippen LogP contribution >= 0.6 is 11.8 Å². The SMILES string of the molecule is C1CCC2SC3CCCCC3C(N3CCNCC3)=NC2C1.